The maximum atomic E-state index is 11.8. The molecule has 140 valence electrons. The van der Waals surface area contributed by atoms with E-state index in [0.717, 1.165) is 44.2 Å². The predicted octanol–water partition coefficient (Wildman–Crippen LogP) is 2.05. The summed E-state index contributed by atoms with van der Waals surface area (Å²) in [6.07, 6.45) is 1.62. The zero-order valence-electron chi connectivity index (χ0n) is 15.4. The smallest absolute Gasteiger partial charge is 0.227 e. The van der Waals surface area contributed by atoms with E-state index in [4.69, 9.17) is 0 Å². The third-order valence-electron chi connectivity index (χ3n) is 4.33. The first-order chi connectivity index (χ1) is 11.6. The average molecular weight is 459 g/mol. The Bertz CT molecular complexity index is 561. The summed E-state index contributed by atoms with van der Waals surface area (Å²) in [5, 5.41) is 6.63. The van der Waals surface area contributed by atoms with Crippen LogP contribution in [0.2, 0.25) is 0 Å². The Balaban J connectivity index is 0.00000312. The minimum atomic E-state index is 0. The Morgan fingerprint density at radius 2 is 2.00 bits per heavy atom. The van der Waals surface area contributed by atoms with Gasteiger partial charge in [0.2, 0.25) is 5.91 Å². The maximum Gasteiger partial charge on any atom is 0.227 e. The highest BCUT2D eigenvalue weighted by molar-refractivity contribution is 14.0. The summed E-state index contributed by atoms with van der Waals surface area (Å²) in [6, 6.07) is 8.16. The van der Waals surface area contributed by atoms with Gasteiger partial charge < -0.3 is 20.4 Å². The highest BCUT2D eigenvalue weighted by Gasteiger charge is 2.21. The van der Waals surface area contributed by atoms with Crippen molar-refractivity contribution >= 4 is 41.5 Å². The Kier molecular flexibility index (Phi) is 9.81. The van der Waals surface area contributed by atoms with Gasteiger partial charge in [-0.1, -0.05) is 19.1 Å². The van der Waals surface area contributed by atoms with Crippen LogP contribution in [0.4, 0.5) is 5.69 Å². The van der Waals surface area contributed by atoms with Crippen molar-refractivity contribution in [3.8, 4) is 0 Å². The number of rotatable bonds is 7. The molecule has 0 spiro atoms. The number of carbonyl (C=O) groups is 1. The lowest BCUT2D eigenvalue weighted by Gasteiger charge is -2.17. The fourth-order valence-electron chi connectivity index (χ4n) is 2.64. The molecule has 1 fully saturated rings. The van der Waals surface area contributed by atoms with Crippen molar-refractivity contribution in [3.63, 3.8) is 0 Å². The van der Waals surface area contributed by atoms with Crippen molar-refractivity contribution in [2.45, 2.75) is 26.3 Å². The number of nitrogens with zero attached hydrogens (tertiary/aromatic N) is 3. The van der Waals surface area contributed by atoms with E-state index in [0.29, 0.717) is 13.0 Å². The van der Waals surface area contributed by atoms with Crippen LogP contribution >= 0.6 is 24.0 Å². The molecule has 1 saturated heterocycles. The second-order valence-corrected chi connectivity index (χ2v) is 6.06. The topological polar surface area (TPSA) is 60.0 Å². The maximum absolute atomic E-state index is 11.8. The number of benzene rings is 1. The van der Waals surface area contributed by atoms with Crippen molar-refractivity contribution in [2.75, 3.05) is 45.2 Å². The largest absolute Gasteiger partial charge is 0.355 e. The molecule has 1 heterocycles. The van der Waals surface area contributed by atoms with Crippen molar-refractivity contribution in [2.24, 2.45) is 4.99 Å². The first-order valence-electron chi connectivity index (χ1n) is 8.66. The Labute approximate surface area is 168 Å². The number of likely N-dealkylation sites (N-methyl/N-ethyl adjacent to an activating group) is 1. The van der Waals surface area contributed by atoms with Crippen molar-refractivity contribution in [1.82, 2.24) is 15.5 Å². The Morgan fingerprint density at radius 3 is 2.56 bits per heavy atom. The van der Waals surface area contributed by atoms with E-state index in [9.17, 15) is 4.79 Å². The molecule has 0 aliphatic carbocycles. The second kappa shape index (κ2) is 11.3. The molecule has 1 aromatic rings. The molecule has 2 rings (SSSR count). The normalized spacial score (nSPS) is 14.6. The molecular weight excluding hydrogens is 429 g/mol. The average Bonchev–Trinajstić information content (AvgIpc) is 3.04. The van der Waals surface area contributed by atoms with E-state index in [1.165, 1.54) is 5.56 Å². The van der Waals surface area contributed by atoms with Gasteiger partial charge in [-0.3, -0.25) is 9.79 Å². The third-order valence-corrected chi connectivity index (χ3v) is 4.33. The zero-order valence-corrected chi connectivity index (χ0v) is 17.7. The van der Waals surface area contributed by atoms with Gasteiger partial charge in [-0.15, -0.1) is 24.0 Å². The molecule has 0 unspecified atom stereocenters. The fraction of sp³-hybridized carbons (Fsp3) is 0.556. The molecule has 7 heteroatoms. The van der Waals surface area contributed by atoms with Crippen LogP contribution in [0.3, 0.4) is 0 Å². The molecule has 25 heavy (non-hydrogen) atoms. The van der Waals surface area contributed by atoms with Gasteiger partial charge in [0.1, 0.15) is 0 Å². The minimum Gasteiger partial charge on any atom is -0.355 e. The lowest BCUT2D eigenvalue weighted by molar-refractivity contribution is -0.117. The van der Waals surface area contributed by atoms with Crippen molar-refractivity contribution in [1.29, 1.82) is 0 Å². The van der Waals surface area contributed by atoms with Crippen LogP contribution in [0.1, 0.15) is 25.3 Å². The lowest BCUT2D eigenvalue weighted by Crippen LogP contribution is -2.40. The summed E-state index contributed by atoms with van der Waals surface area (Å²) < 4.78 is 0. The van der Waals surface area contributed by atoms with Gasteiger partial charge in [0, 0.05) is 45.3 Å². The fourth-order valence-corrected chi connectivity index (χ4v) is 2.64. The molecule has 0 radical (unpaired) electrons. The number of anilines is 1. The van der Waals surface area contributed by atoms with Gasteiger partial charge in [0.15, 0.2) is 5.96 Å². The number of amides is 1. The molecule has 2 N–H and O–H groups in total. The number of guanidine groups is 1. The monoisotopic (exact) mass is 459 g/mol. The summed E-state index contributed by atoms with van der Waals surface area (Å²) >= 11 is 0. The van der Waals surface area contributed by atoms with E-state index in [-0.39, 0.29) is 29.9 Å². The van der Waals surface area contributed by atoms with E-state index < -0.39 is 0 Å². The van der Waals surface area contributed by atoms with Gasteiger partial charge in [-0.05, 0) is 37.7 Å². The molecule has 1 aromatic carbocycles. The summed E-state index contributed by atoms with van der Waals surface area (Å²) in [4.78, 5) is 20.1. The Morgan fingerprint density at radius 1 is 1.28 bits per heavy atom. The molecule has 1 amide bonds. The number of aliphatic imine (C=N–C) groups is 1. The standard InChI is InChI=1S/C18H29N5O.HI/c1-4-22(3)13-11-20-18(19-2)21-14-15-7-9-16(10-8-15)23-12-5-6-17(23)24;/h7-10H,4-6,11-14H2,1-3H3,(H2,19,20,21);1H. The van der Waals surface area contributed by atoms with Gasteiger partial charge in [0.25, 0.3) is 0 Å². The van der Waals surface area contributed by atoms with Crippen LogP contribution in [0.25, 0.3) is 0 Å². The summed E-state index contributed by atoms with van der Waals surface area (Å²) in [5.41, 5.74) is 2.16. The molecule has 6 nitrogen and oxygen atoms in total. The highest BCUT2D eigenvalue weighted by Crippen LogP contribution is 2.21. The molecule has 0 aromatic heterocycles. The van der Waals surface area contributed by atoms with Crippen molar-refractivity contribution in [3.05, 3.63) is 29.8 Å². The zero-order chi connectivity index (χ0) is 17.4. The van der Waals surface area contributed by atoms with E-state index in [2.05, 4.69) is 46.6 Å². The first kappa shape index (κ1) is 21.7. The van der Waals surface area contributed by atoms with Gasteiger partial charge >= 0.3 is 0 Å². The molecule has 0 saturated carbocycles. The number of hydrogen-bond acceptors (Lipinski definition) is 3. The van der Waals surface area contributed by atoms with E-state index in [1.807, 2.05) is 17.0 Å². The van der Waals surface area contributed by atoms with Gasteiger partial charge in [0.05, 0.1) is 0 Å². The summed E-state index contributed by atoms with van der Waals surface area (Å²) in [5.74, 6) is 1.03. The lowest BCUT2D eigenvalue weighted by atomic mass is 10.2. The van der Waals surface area contributed by atoms with Crippen LogP contribution in [0.5, 0.6) is 0 Å². The Hall–Kier alpha value is -1.35. The number of carbonyl (C=O) groups excluding carboxylic acids is 1. The second-order valence-electron chi connectivity index (χ2n) is 6.06. The quantitative estimate of drug-likeness (QED) is 0.373. The third kappa shape index (κ3) is 6.81. The minimum absolute atomic E-state index is 0. The molecule has 1 aliphatic rings. The number of halogens is 1. The van der Waals surface area contributed by atoms with E-state index >= 15 is 0 Å². The van der Waals surface area contributed by atoms with Crippen LogP contribution in [-0.2, 0) is 11.3 Å². The van der Waals surface area contributed by atoms with Crippen LogP contribution in [0.15, 0.2) is 29.3 Å². The molecule has 0 bridgehead atoms. The van der Waals surface area contributed by atoms with Gasteiger partial charge in [-0.2, -0.15) is 0 Å². The number of nitrogens with one attached hydrogen (secondary N) is 2. The SMILES string of the molecule is CCN(C)CCNC(=NC)NCc1ccc(N2CCCC2=O)cc1.I. The molecule has 1 aliphatic heterocycles. The van der Waals surface area contributed by atoms with Crippen LogP contribution in [-0.4, -0.2) is 57.0 Å². The predicted molar refractivity (Wildman–Crippen MR) is 115 cm³/mol. The van der Waals surface area contributed by atoms with Crippen LogP contribution in [0, 0.1) is 0 Å². The van der Waals surface area contributed by atoms with Crippen molar-refractivity contribution < 1.29 is 4.79 Å². The first-order valence-corrected chi connectivity index (χ1v) is 8.66. The van der Waals surface area contributed by atoms with E-state index in [1.54, 1.807) is 7.05 Å². The molecular formula is C18H30IN5O. The summed E-state index contributed by atoms with van der Waals surface area (Å²) in [6.45, 7) is 6.57. The highest BCUT2D eigenvalue weighted by atomic mass is 127. The number of hydrogen-bond donors (Lipinski definition) is 2. The summed E-state index contributed by atoms with van der Waals surface area (Å²) in [7, 11) is 3.88. The molecule has 0 atom stereocenters. The van der Waals surface area contributed by atoms with Gasteiger partial charge in [-0.25, -0.2) is 0 Å². The van der Waals surface area contributed by atoms with Crippen LogP contribution < -0.4 is 15.5 Å².